The third kappa shape index (κ3) is 2.68. The molecule has 3 aromatic carbocycles. The first-order valence-electron chi connectivity index (χ1n) is 10.7. The smallest absolute Gasteiger partial charge is 0.222 e. The summed E-state index contributed by atoms with van der Waals surface area (Å²) in [6.07, 6.45) is 4.01. The standard InChI is InChI=1S/C27H24NOSSi/c1-17-21-11-13-29-22(21)16-24-25(17)27-26-18(10-12-28(27)2)14-20(15-23(26)30-24)31(3,4)19-8-6-5-7-9-19/h5-16H,1-4H3/q+1. The summed E-state index contributed by atoms with van der Waals surface area (Å²) in [5.74, 6) is 0. The molecule has 152 valence electrons. The average molecular weight is 439 g/mol. The van der Waals surface area contributed by atoms with Crippen molar-refractivity contribution in [1.82, 2.24) is 0 Å². The zero-order valence-electron chi connectivity index (χ0n) is 18.2. The van der Waals surface area contributed by atoms with E-state index in [-0.39, 0.29) is 0 Å². The van der Waals surface area contributed by atoms with Crippen LogP contribution in [0.25, 0.3) is 33.0 Å². The molecule has 0 bridgehead atoms. The van der Waals surface area contributed by atoms with Crippen molar-refractivity contribution in [3.8, 4) is 11.3 Å². The fourth-order valence-corrected chi connectivity index (χ4v) is 8.72. The van der Waals surface area contributed by atoms with Crippen molar-refractivity contribution < 1.29 is 8.98 Å². The molecule has 1 aliphatic heterocycles. The lowest BCUT2D eigenvalue weighted by atomic mass is 9.96. The number of benzene rings is 3. The van der Waals surface area contributed by atoms with Gasteiger partial charge in [-0.15, -0.1) is 0 Å². The molecule has 0 radical (unpaired) electrons. The van der Waals surface area contributed by atoms with E-state index in [1.165, 1.54) is 53.1 Å². The van der Waals surface area contributed by atoms with E-state index in [0.29, 0.717) is 0 Å². The van der Waals surface area contributed by atoms with Gasteiger partial charge in [0.1, 0.15) is 20.7 Å². The van der Waals surface area contributed by atoms with Crippen LogP contribution in [0.5, 0.6) is 0 Å². The van der Waals surface area contributed by atoms with Gasteiger partial charge in [-0.1, -0.05) is 71.6 Å². The van der Waals surface area contributed by atoms with Crippen molar-refractivity contribution in [1.29, 1.82) is 0 Å². The van der Waals surface area contributed by atoms with Crippen LogP contribution in [0.4, 0.5) is 0 Å². The summed E-state index contributed by atoms with van der Waals surface area (Å²) in [4.78, 5) is 2.64. The highest BCUT2D eigenvalue weighted by Crippen LogP contribution is 2.49. The second kappa shape index (κ2) is 6.59. The number of hydrogen-bond acceptors (Lipinski definition) is 2. The Labute approximate surface area is 187 Å². The number of pyridine rings is 1. The topological polar surface area (TPSA) is 17.0 Å². The minimum atomic E-state index is -1.80. The third-order valence-electron chi connectivity index (χ3n) is 6.86. The molecule has 0 amide bonds. The van der Waals surface area contributed by atoms with E-state index in [4.69, 9.17) is 4.42 Å². The van der Waals surface area contributed by atoms with E-state index in [9.17, 15) is 0 Å². The van der Waals surface area contributed by atoms with Gasteiger partial charge in [0, 0.05) is 21.2 Å². The highest BCUT2D eigenvalue weighted by Gasteiger charge is 2.33. The Morgan fingerprint density at radius 2 is 1.71 bits per heavy atom. The number of aryl methyl sites for hydroxylation is 2. The molecular formula is C27H24NOSSi+. The first-order chi connectivity index (χ1) is 14.9. The fraction of sp³-hybridized carbons (Fsp3) is 0.148. The summed E-state index contributed by atoms with van der Waals surface area (Å²) < 4.78 is 8.06. The Hall–Kier alpha value is -2.82. The molecule has 0 saturated heterocycles. The van der Waals surface area contributed by atoms with Gasteiger partial charge in [-0.3, -0.25) is 0 Å². The van der Waals surface area contributed by atoms with E-state index in [1.54, 1.807) is 6.26 Å². The maximum atomic E-state index is 5.78. The molecule has 3 heterocycles. The molecule has 0 unspecified atom stereocenters. The normalized spacial score (nSPS) is 13.0. The third-order valence-corrected chi connectivity index (χ3v) is 11.4. The lowest BCUT2D eigenvalue weighted by molar-refractivity contribution is -0.659. The highest BCUT2D eigenvalue weighted by atomic mass is 32.2. The Bertz CT molecular complexity index is 1500. The molecule has 1 aliphatic rings. The lowest BCUT2D eigenvalue weighted by Crippen LogP contribution is -2.52. The number of aromatic nitrogens is 1. The van der Waals surface area contributed by atoms with Crippen molar-refractivity contribution in [3.05, 3.63) is 78.7 Å². The molecule has 0 N–H and O–H groups in total. The highest BCUT2D eigenvalue weighted by molar-refractivity contribution is 7.99. The van der Waals surface area contributed by atoms with Gasteiger partial charge in [0.2, 0.25) is 5.69 Å². The molecule has 0 spiro atoms. The molecule has 0 fully saturated rings. The molecule has 4 heteroatoms. The number of rotatable bonds is 2. The van der Waals surface area contributed by atoms with Crippen LogP contribution in [0.1, 0.15) is 5.56 Å². The monoisotopic (exact) mass is 438 g/mol. The molecular weight excluding hydrogens is 414 g/mol. The second-order valence-corrected chi connectivity index (χ2v) is 14.5. The maximum absolute atomic E-state index is 5.78. The van der Waals surface area contributed by atoms with E-state index in [2.05, 4.69) is 98.5 Å². The van der Waals surface area contributed by atoms with Gasteiger partial charge in [-0.05, 0) is 36.1 Å². The van der Waals surface area contributed by atoms with Crippen molar-refractivity contribution in [2.24, 2.45) is 7.05 Å². The average Bonchev–Trinajstić information content (AvgIpc) is 3.25. The Morgan fingerprint density at radius 3 is 2.52 bits per heavy atom. The van der Waals surface area contributed by atoms with Crippen LogP contribution in [0, 0.1) is 6.92 Å². The molecule has 31 heavy (non-hydrogen) atoms. The van der Waals surface area contributed by atoms with Crippen LogP contribution in [0.15, 0.2) is 87.3 Å². The van der Waals surface area contributed by atoms with E-state index in [1.807, 2.05) is 11.8 Å². The molecule has 5 aromatic rings. The first kappa shape index (κ1) is 18.9. The molecule has 0 saturated carbocycles. The quantitative estimate of drug-likeness (QED) is 0.256. The van der Waals surface area contributed by atoms with Gasteiger partial charge >= 0.3 is 0 Å². The lowest BCUT2D eigenvalue weighted by Gasteiger charge is -2.27. The van der Waals surface area contributed by atoms with Gasteiger partial charge in [-0.2, -0.15) is 0 Å². The number of furan rings is 1. The molecule has 2 nitrogen and oxygen atoms in total. The summed E-state index contributed by atoms with van der Waals surface area (Å²) in [6.45, 7) is 7.14. The van der Waals surface area contributed by atoms with E-state index in [0.717, 1.165) is 5.58 Å². The number of nitrogens with zero attached hydrogens (tertiary/aromatic N) is 1. The Morgan fingerprint density at radius 1 is 0.903 bits per heavy atom. The van der Waals surface area contributed by atoms with Crippen LogP contribution in [0.3, 0.4) is 0 Å². The summed E-state index contributed by atoms with van der Waals surface area (Å²) in [7, 11) is 0.359. The van der Waals surface area contributed by atoms with Crippen LogP contribution in [-0.2, 0) is 7.05 Å². The van der Waals surface area contributed by atoms with Crippen molar-refractivity contribution in [2.75, 3.05) is 0 Å². The van der Waals surface area contributed by atoms with E-state index < -0.39 is 8.07 Å². The van der Waals surface area contributed by atoms with Crippen molar-refractivity contribution in [2.45, 2.75) is 29.8 Å². The molecule has 0 atom stereocenters. The zero-order valence-corrected chi connectivity index (χ0v) is 20.0. The van der Waals surface area contributed by atoms with E-state index >= 15 is 0 Å². The first-order valence-corrected chi connectivity index (χ1v) is 14.5. The van der Waals surface area contributed by atoms with Gasteiger partial charge in [0.25, 0.3) is 0 Å². The predicted molar refractivity (Wildman–Crippen MR) is 132 cm³/mol. The Balaban J connectivity index is 1.66. The van der Waals surface area contributed by atoms with Gasteiger partial charge in [0.05, 0.1) is 17.2 Å². The summed E-state index contributed by atoms with van der Waals surface area (Å²) >= 11 is 1.89. The molecule has 2 aromatic heterocycles. The molecule has 0 aliphatic carbocycles. The number of fused-ring (bicyclic) bond motifs is 3. The molecule has 6 rings (SSSR count). The van der Waals surface area contributed by atoms with Gasteiger partial charge in [0.15, 0.2) is 6.20 Å². The summed E-state index contributed by atoms with van der Waals surface area (Å²) in [5.41, 5.74) is 4.92. The number of hydrogen-bond donors (Lipinski definition) is 0. The van der Waals surface area contributed by atoms with Crippen LogP contribution >= 0.6 is 11.8 Å². The van der Waals surface area contributed by atoms with Crippen LogP contribution < -0.4 is 14.9 Å². The Kier molecular flexibility index (Phi) is 4.02. The summed E-state index contributed by atoms with van der Waals surface area (Å²) in [6, 6.07) is 22.5. The fourth-order valence-electron chi connectivity index (χ4n) is 4.98. The van der Waals surface area contributed by atoms with Crippen LogP contribution in [-0.4, -0.2) is 8.07 Å². The minimum absolute atomic E-state index is 0.970. The van der Waals surface area contributed by atoms with Gasteiger partial charge in [-0.25, -0.2) is 4.57 Å². The van der Waals surface area contributed by atoms with Gasteiger partial charge < -0.3 is 4.42 Å². The largest absolute Gasteiger partial charge is 0.464 e. The van der Waals surface area contributed by atoms with Crippen molar-refractivity contribution >= 4 is 52.0 Å². The van der Waals surface area contributed by atoms with Crippen molar-refractivity contribution in [3.63, 3.8) is 0 Å². The SMILES string of the molecule is Cc1c2c(cc3occc13)Sc1cc([Si](C)(C)c3ccccc3)cc3cc[n+](C)c-2c13. The second-order valence-electron chi connectivity index (χ2n) is 9.01. The van der Waals surface area contributed by atoms with Crippen LogP contribution in [0.2, 0.25) is 13.1 Å². The predicted octanol–water partition coefficient (Wildman–Crippen LogP) is 5.67. The maximum Gasteiger partial charge on any atom is 0.222 e. The zero-order chi connectivity index (χ0) is 21.3. The minimum Gasteiger partial charge on any atom is -0.464 e. The summed E-state index contributed by atoms with van der Waals surface area (Å²) in [5, 5.41) is 6.86.